The molecule has 0 radical (unpaired) electrons. The zero-order valence-corrected chi connectivity index (χ0v) is 16.7. The molecule has 2 aliphatic heterocycles. The summed E-state index contributed by atoms with van der Waals surface area (Å²) in [5, 5.41) is 15.1. The summed E-state index contributed by atoms with van der Waals surface area (Å²) in [5.74, 6) is -0.185. The molecular formula is C21H29N3O5. The van der Waals surface area contributed by atoms with E-state index in [2.05, 4.69) is 5.32 Å². The first kappa shape index (κ1) is 20.1. The number of rotatable bonds is 4. The zero-order chi connectivity index (χ0) is 20.3. The summed E-state index contributed by atoms with van der Waals surface area (Å²) in [5.41, 5.74) is 0.703. The number of nitro groups is 1. The van der Waals surface area contributed by atoms with Gasteiger partial charge in [0, 0.05) is 37.4 Å². The second-order valence-electron chi connectivity index (χ2n) is 8.32. The van der Waals surface area contributed by atoms with Crippen LogP contribution in [0.15, 0.2) is 18.2 Å². The third-order valence-electron chi connectivity index (χ3n) is 6.36. The topological polar surface area (TPSA) is 93.9 Å². The van der Waals surface area contributed by atoms with Gasteiger partial charge in [-0.05, 0) is 37.8 Å². The van der Waals surface area contributed by atoms with Gasteiger partial charge in [0.2, 0.25) is 0 Å². The number of ether oxygens (including phenoxy) is 2. The first-order chi connectivity index (χ1) is 14.1. The monoisotopic (exact) mass is 403 g/mol. The van der Waals surface area contributed by atoms with Gasteiger partial charge in [0.25, 0.3) is 11.6 Å². The van der Waals surface area contributed by atoms with Gasteiger partial charge >= 0.3 is 0 Å². The normalized spacial score (nSPS) is 24.3. The van der Waals surface area contributed by atoms with Gasteiger partial charge in [-0.25, -0.2) is 0 Å². The van der Waals surface area contributed by atoms with Crippen molar-refractivity contribution in [3.8, 4) is 0 Å². The number of hydrogen-bond donors (Lipinski definition) is 1. The fraction of sp³-hybridized carbons (Fsp3) is 0.667. The molecule has 2 saturated heterocycles. The highest BCUT2D eigenvalue weighted by atomic mass is 16.6. The number of morpholine rings is 1. The Kier molecular flexibility index (Phi) is 6.01. The molecule has 8 heteroatoms. The highest BCUT2D eigenvalue weighted by molar-refractivity contribution is 5.95. The minimum Gasteiger partial charge on any atom is -0.378 e. The molecule has 3 fully saturated rings. The Morgan fingerprint density at radius 1 is 1.17 bits per heavy atom. The van der Waals surface area contributed by atoms with Gasteiger partial charge in [-0.1, -0.05) is 19.3 Å². The minimum atomic E-state index is -0.409. The standard InChI is InChI=1S/C21H29N3O5/c25-20(23-9-12-28-13-10-23)16-4-5-18(19(14-16)24(26)27)22-17-6-11-29-21(15-17)7-2-1-3-8-21/h4-5,14,17,22H,1-3,6-13,15H2. The van der Waals surface area contributed by atoms with Crippen molar-refractivity contribution < 1.29 is 19.2 Å². The first-order valence-electron chi connectivity index (χ1n) is 10.6. The summed E-state index contributed by atoms with van der Waals surface area (Å²) in [6.07, 6.45) is 7.47. The molecule has 0 aromatic heterocycles. The van der Waals surface area contributed by atoms with Crippen LogP contribution in [0.5, 0.6) is 0 Å². The lowest BCUT2D eigenvalue weighted by Gasteiger charge is -2.43. The van der Waals surface area contributed by atoms with Crippen molar-refractivity contribution in [2.45, 2.75) is 56.6 Å². The van der Waals surface area contributed by atoms with Crippen LogP contribution in [0.3, 0.4) is 0 Å². The van der Waals surface area contributed by atoms with E-state index in [1.165, 1.54) is 25.3 Å². The molecule has 158 valence electrons. The van der Waals surface area contributed by atoms with Gasteiger partial charge in [0.15, 0.2) is 0 Å². The third-order valence-corrected chi connectivity index (χ3v) is 6.36. The van der Waals surface area contributed by atoms with E-state index >= 15 is 0 Å². The van der Waals surface area contributed by atoms with Crippen LogP contribution in [-0.2, 0) is 9.47 Å². The Bertz CT molecular complexity index is 751. The summed E-state index contributed by atoms with van der Waals surface area (Å²) < 4.78 is 11.4. The number of anilines is 1. The Labute approximate surface area is 170 Å². The van der Waals surface area contributed by atoms with Crippen molar-refractivity contribution in [3.63, 3.8) is 0 Å². The van der Waals surface area contributed by atoms with Crippen molar-refractivity contribution in [3.05, 3.63) is 33.9 Å². The van der Waals surface area contributed by atoms with Crippen LogP contribution in [0.1, 0.15) is 55.3 Å². The van der Waals surface area contributed by atoms with Gasteiger partial charge in [0.05, 0.1) is 23.7 Å². The van der Waals surface area contributed by atoms with Gasteiger partial charge in [-0.15, -0.1) is 0 Å². The van der Waals surface area contributed by atoms with Crippen molar-refractivity contribution in [2.75, 3.05) is 38.2 Å². The van der Waals surface area contributed by atoms with Crippen LogP contribution < -0.4 is 5.32 Å². The average molecular weight is 403 g/mol. The number of hydrogen-bond acceptors (Lipinski definition) is 6. The molecule has 8 nitrogen and oxygen atoms in total. The molecule has 2 heterocycles. The molecule has 0 bridgehead atoms. The number of nitrogens with one attached hydrogen (secondary N) is 1. The SMILES string of the molecule is O=C(c1ccc(NC2CCOC3(CCCCC3)C2)c([N+](=O)[O-])c1)N1CCOCC1. The Hall–Kier alpha value is -2.19. The molecule has 1 atom stereocenters. The molecule has 1 N–H and O–H groups in total. The molecule has 1 saturated carbocycles. The molecule has 1 aliphatic carbocycles. The maximum atomic E-state index is 12.7. The minimum absolute atomic E-state index is 0.0479. The number of nitro benzene ring substituents is 1. The maximum absolute atomic E-state index is 12.7. The molecule has 3 aliphatic rings. The summed E-state index contributed by atoms with van der Waals surface area (Å²) in [4.78, 5) is 25.7. The van der Waals surface area contributed by atoms with E-state index in [1.54, 1.807) is 17.0 Å². The smallest absolute Gasteiger partial charge is 0.293 e. The fourth-order valence-corrected chi connectivity index (χ4v) is 4.80. The fourth-order valence-electron chi connectivity index (χ4n) is 4.80. The van der Waals surface area contributed by atoms with E-state index in [9.17, 15) is 14.9 Å². The van der Waals surface area contributed by atoms with Crippen LogP contribution in [0.25, 0.3) is 0 Å². The number of carbonyl (C=O) groups excluding carboxylic acids is 1. The molecule has 1 unspecified atom stereocenters. The second-order valence-corrected chi connectivity index (χ2v) is 8.32. The van der Waals surface area contributed by atoms with Crippen LogP contribution in [-0.4, -0.2) is 60.3 Å². The van der Waals surface area contributed by atoms with Gasteiger partial charge < -0.3 is 19.7 Å². The Morgan fingerprint density at radius 2 is 1.93 bits per heavy atom. The maximum Gasteiger partial charge on any atom is 0.293 e. The molecule has 1 aromatic carbocycles. The number of carbonyl (C=O) groups is 1. The average Bonchev–Trinajstić information content (AvgIpc) is 2.74. The van der Waals surface area contributed by atoms with E-state index in [-0.39, 0.29) is 23.2 Å². The predicted octanol–water partition coefficient (Wildman–Crippen LogP) is 3.36. The van der Waals surface area contributed by atoms with Crippen LogP contribution >= 0.6 is 0 Å². The Morgan fingerprint density at radius 3 is 2.66 bits per heavy atom. The largest absolute Gasteiger partial charge is 0.378 e. The van der Waals surface area contributed by atoms with E-state index in [0.29, 0.717) is 44.2 Å². The van der Waals surface area contributed by atoms with Crippen LogP contribution in [0.4, 0.5) is 11.4 Å². The molecule has 1 spiro atoms. The number of nitrogens with zero attached hydrogens (tertiary/aromatic N) is 2. The molecule has 4 rings (SSSR count). The van der Waals surface area contributed by atoms with Crippen molar-refractivity contribution in [2.24, 2.45) is 0 Å². The van der Waals surface area contributed by atoms with E-state index in [4.69, 9.17) is 9.47 Å². The summed E-state index contributed by atoms with van der Waals surface area (Å²) in [6.45, 7) is 2.70. The van der Waals surface area contributed by atoms with E-state index in [0.717, 1.165) is 25.7 Å². The third kappa shape index (κ3) is 4.53. The van der Waals surface area contributed by atoms with Crippen molar-refractivity contribution in [1.82, 2.24) is 4.90 Å². The number of amides is 1. The lowest BCUT2D eigenvalue weighted by atomic mass is 9.78. The van der Waals surface area contributed by atoms with Gasteiger partial charge in [-0.3, -0.25) is 14.9 Å². The van der Waals surface area contributed by atoms with Crippen molar-refractivity contribution >= 4 is 17.3 Å². The summed E-state index contributed by atoms with van der Waals surface area (Å²) >= 11 is 0. The van der Waals surface area contributed by atoms with Crippen LogP contribution in [0.2, 0.25) is 0 Å². The zero-order valence-electron chi connectivity index (χ0n) is 16.7. The highest BCUT2D eigenvalue weighted by Gasteiger charge is 2.39. The van der Waals surface area contributed by atoms with Gasteiger partial charge in [-0.2, -0.15) is 0 Å². The Balaban J connectivity index is 1.49. The molecule has 1 aromatic rings. The molecule has 1 amide bonds. The van der Waals surface area contributed by atoms with Crippen LogP contribution in [0, 0.1) is 10.1 Å². The predicted molar refractivity (Wildman–Crippen MR) is 108 cm³/mol. The first-order valence-corrected chi connectivity index (χ1v) is 10.6. The summed E-state index contributed by atoms with van der Waals surface area (Å²) in [7, 11) is 0. The number of benzene rings is 1. The highest BCUT2D eigenvalue weighted by Crippen LogP contribution is 2.40. The molecular weight excluding hydrogens is 374 g/mol. The molecule has 29 heavy (non-hydrogen) atoms. The second kappa shape index (κ2) is 8.67. The summed E-state index contributed by atoms with van der Waals surface area (Å²) in [6, 6.07) is 4.90. The van der Waals surface area contributed by atoms with Gasteiger partial charge in [0.1, 0.15) is 5.69 Å². The lowest BCUT2D eigenvalue weighted by Crippen LogP contribution is -2.45. The van der Waals surface area contributed by atoms with E-state index < -0.39 is 4.92 Å². The van der Waals surface area contributed by atoms with Crippen molar-refractivity contribution in [1.29, 1.82) is 0 Å². The lowest BCUT2D eigenvalue weighted by molar-refractivity contribution is -0.384. The quantitative estimate of drug-likeness (QED) is 0.612. The van der Waals surface area contributed by atoms with E-state index in [1.807, 2.05) is 0 Å².